The molecular formula is C9H20O4Si2. The molecule has 15 heavy (non-hydrogen) atoms. The van der Waals surface area contributed by atoms with Gasteiger partial charge in [0, 0.05) is 0 Å². The van der Waals surface area contributed by atoms with Gasteiger partial charge in [-0.1, -0.05) is 0 Å². The van der Waals surface area contributed by atoms with Crippen molar-refractivity contribution in [1.29, 1.82) is 0 Å². The Balaban J connectivity index is 2.17. The van der Waals surface area contributed by atoms with Gasteiger partial charge >= 0.3 is 6.16 Å². The van der Waals surface area contributed by atoms with Crippen LogP contribution in [0.2, 0.25) is 32.2 Å². The highest BCUT2D eigenvalue weighted by Gasteiger charge is 2.26. The lowest BCUT2D eigenvalue weighted by Crippen LogP contribution is -2.33. The number of hydrogen-bond acceptors (Lipinski definition) is 4. The van der Waals surface area contributed by atoms with Crippen molar-refractivity contribution in [2.45, 2.75) is 44.8 Å². The number of rotatable bonds is 5. The van der Waals surface area contributed by atoms with E-state index in [1.165, 1.54) is 0 Å². The Morgan fingerprint density at radius 1 is 1.53 bits per heavy atom. The molecule has 0 radical (unpaired) electrons. The molecule has 4 nitrogen and oxygen atoms in total. The molecule has 0 bridgehead atoms. The molecule has 1 aliphatic heterocycles. The summed E-state index contributed by atoms with van der Waals surface area (Å²) in [6.45, 7) is 9.22. The predicted octanol–water partition coefficient (Wildman–Crippen LogP) is 2.12. The number of carbonyl (C=O) groups excluding carboxylic acids is 1. The van der Waals surface area contributed by atoms with Crippen LogP contribution in [0.15, 0.2) is 0 Å². The maximum atomic E-state index is 10.7. The zero-order valence-electron chi connectivity index (χ0n) is 9.91. The third kappa shape index (κ3) is 5.34. The van der Waals surface area contributed by atoms with Crippen molar-refractivity contribution in [3.8, 4) is 0 Å². The summed E-state index contributed by atoms with van der Waals surface area (Å²) in [6.07, 6.45) is 0.307. The summed E-state index contributed by atoms with van der Waals surface area (Å²) in [5.41, 5.74) is 0. The molecule has 2 atom stereocenters. The zero-order valence-corrected chi connectivity index (χ0v) is 12.1. The molecule has 1 heterocycles. The number of hydrogen-bond donors (Lipinski definition) is 0. The maximum Gasteiger partial charge on any atom is 0.508 e. The Labute approximate surface area is 93.8 Å². The molecule has 0 spiro atoms. The van der Waals surface area contributed by atoms with Crippen molar-refractivity contribution in [3.05, 3.63) is 0 Å². The largest absolute Gasteiger partial charge is 0.508 e. The van der Waals surface area contributed by atoms with E-state index in [-0.39, 0.29) is 6.10 Å². The standard InChI is InChI=1S/C9H20O4Si2/c1-14(13-15(2,3)4)6-5-8-7-11-9(10)12-8/h8,14H,5-7H2,1-4H3. The third-order valence-electron chi connectivity index (χ3n) is 2.10. The van der Waals surface area contributed by atoms with Gasteiger partial charge < -0.3 is 13.6 Å². The normalized spacial score (nSPS) is 23.5. The van der Waals surface area contributed by atoms with Crippen LogP contribution in [0.5, 0.6) is 0 Å². The van der Waals surface area contributed by atoms with Gasteiger partial charge in [0.05, 0.1) is 0 Å². The first-order chi connectivity index (χ1) is 6.87. The van der Waals surface area contributed by atoms with Crippen LogP contribution in [0.1, 0.15) is 6.42 Å². The first-order valence-electron chi connectivity index (χ1n) is 5.38. The molecule has 0 N–H and O–H groups in total. The van der Waals surface area contributed by atoms with Crippen molar-refractivity contribution in [2.75, 3.05) is 6.61 Å². The van der Waals surface area contributed by atoms with Crippen molar-refractivity contribution < 1.29 is 18.4 Å². The molecule has 1 fully saturated rings. The second-order valence-electron chi connectivity index (χ2n) is 4.92. The highest BCUT2D eigenvalue weighted by molar-refractivity contribution is 6.77. The zero-order chi connectivity index (χ0) is 11.5. The Kier molecular flexibility index (Phi) is 4.36. The van der Waals surface area contributed by atoms with E-state index < -0.39 is 23.5 Å². The van der Waals surface area contributed by atoms with E-state index in [1.54, 1.807) is 0 Å². The van der Waals surface area contributed by atoms with E-state index >= 15 is 0 Å². The quantitative estimate of drug-likeness (QED) is 0.552. The molecule has 1 aliphatic rings. The maximum absolute atomic E-state index is 10.7. The summed E-state index contributed by atoms with van der Waals surface area (Å²) < 4.78 is 15.7. The van der Waals surface area contributed by atoms with Crippen LogP contribution in [0, 0.1) is 0 Å². The smallest absolute Gasteiger partial charge is 0.458 e. The van der Waals surface area contributed by atoms with Gasteiger partial charge in [0.25, 0.3) is 0 Å². The fourth-order valence-corrected chi connectivity index (χ4v) is 7.73. The van der Waals surface area contributed by atoms with Gasteiger partial charge in [0.15, 0.2) is 17.4 Å². The monoisotopic (exact) mass is 248 g/mol. The lowest BCUT2D eigenvalue weighted by molar-refractivity contribution is 0.117. The summed E-state index contributed by atoms with van der Waals surface area (Å²) in [5, 5.41) is 0. The van der Waals surface area contributed by atoms with E-state index in [9.17, 15) is 4.79 Å². The lowest BCUT2D eigenvalue weighted by Gasteiger charge is -2.23. The molecule has 0 aliphatic carbocycles. The molecule has 0 amide bonds. The molecule has 2 unspecified atom stereocenters. The number of ether oxygens (including phenoxy) is 2. The van der Waals surface area contributed by atoms with Gasteiger partial charge in [-0.15, -0.1) is 0 Å². The fraction of sp³-hybridized carbons (Fsp3) is 0.889. The first-order valence-corrected chi connectivity index (χ1v) is 11.2. The van der Waals surface area contributed by atoms with E-state index in [4.69, 9.17) is 13.6 Å². The van der Waals surface area contributed by atoms with Gasteiger partial charge in [-0.2, -0.15) is 0 Å². The van der Waals surface area contributed by atoms with E-state index in [2.05, 4.69) is 26.2 Å². The molecule has 6 heteroatoms. The minimum Gasteiger partial charge on any atom is -0.458 e. The molecule has 1 saturated heterocycles. The number of carbonyl (C=O) groups is 1. The van der Waals surface area contributed by atoms with Crippen molar-refractivity contribution in [3.63, 3.8) is 0 Å². The Bertz CT molecular complexity index is 227. The molecule has 88 valence electrons. The van der Waals surface area contributed by atoms with Crippen molar-refractivity contribution >= 4 is 23.5 Å². The predicted molar refractivity (Wildman–Crippen MR) is 63.1 cm³/mol. The minimum absolute atomic E-state index is 0.0438. The third-order valence-corrected chi connectivity index (χ3v) is 7.68. The Morgan fingerprint density at radius 2 is 2.20 bits per heavy atom. The summed E-state index contributed by atoms with van der Waals surface area (Å²) in [6, 6.07) is 1.05. The Hall–Kier alpha value is -0.336. The average Bonchev–Trinajstić information content (AvgIpc) is 2.45. The van der Waals surface area contributed by atoms with Crippen LogP contribution in [0.4, 0.5) is 4.79 Å². The van der Waals surface area contributed by atoms with E-state index in [1.807, 2.05) is 0 Å². The van der Waals surface area contributed by atoms with Gasteiger partial charge in [-0.05, 0) is 38.7 Å². The molecule has 0 aromatic carbocycles. The fourth-order valence-electron chi connectivity index (χ4n) is 1.59. The second-order valence-corrected chi connectivity index (χ2v) is 12.3. The summed E-state index contributed by atoms with van der Waals surface area (Å²) in [7, 11) is -2.48. The molecular weight excluding hydrogens is 228 g/mol. The summed E-state index contributed by atoms with van der Waals surface area (Å²) in [4.78, 5) is 10.7. The van der Waals surface area contributed by atoms with Crippen molar-refractivity contribution in [1.82, 2.24) is 0 Å². The van der Waals surface area contributed by atoms with E-state index in [0.29, 0.717) is 6.61 Å². The Morgan fingerprint density at radius 3 is 2.67 bits per heavy atom. The molecule has 0 saturated carbocycles. The average molecular weight is 248 g/mol. The van der Waals surface area contributed by atoms with Gasteiger partial charge in [0.2, 0.25) is 0 Å². The first kappa shape index (κ1) is 12.7. The lowest BCUT2D eigenvalue weighted by atomic mass is 10.3. The van der Waals surface area contributed by atoms with Gasteiger partial charge in [-0.25, -0.2) is 4.79 Å². The molecule has 1 rings (SSSR count). The van der Waals surface area contributed by atoms with Crippen LogP contribution in [0.3, 0.4) is 0 Å². The van der Waals surface area contributed by atoms with Crippen LogP contribution in [0.25, 0.3) is 0 Å². The van der Waals surface area contributed by atoms with Crippen molar-refractivity contribution in [2.24, 2.45) is 0 Å². The van der Waals surface area contributed by atoms with Gasteiger partial charge in [0.1, 0.15) is 12.7 Å². The SMILES string of the molecule is C[SiH](CCC1COC(=O)O1)O[Si](C)(C)C. The van der Waals surface area contributed by atoms with Crippen LogP contribution >= 0.6 is 0 Å². The van der Waals surface area contributed by atoms with E-state index in [0.717, 1.165) is 12.5 Å². The summed E-state index contributed by atoms with van der Waals surface area (Å²) in [5.74, 6) is 0. The summed E-state index contributed by atoms with van der Waals surface area (Å²) >= 11 is 0. The second kappa shape index (κ2) is 5.13. The molecule has 0 aromatic heterocycles. The molecule has 0 aromatic rings. The highest BCUT2D eigenvalue weighted by Crippen LogP contribution is 2.15. The minimum atomic E-state index is -1.39. The van der Waals surface area contributed by atoms with Crippen LogP contribution in [-0.4, -0.2) is 36.2 Å². The van der Waals surface area contributed by atoms with Crippen LogP contribution < -0.4 is 0 Å². The van der Waals surface area contributed by atoms with Gasteiger partial charge in [-0.3, -0.25) is 0 Å². The highest BCUT2D eigenvalue weighted by atomic mass is 28.4. The topological polar surface area (TPSA) is 44.8 Å². The van der Waals surface area contributed by atoms with Crippen LogP contribution in [-0.2, 0) is 13.6 Å². The number of cyclic esters (lactones) is 2.